The normalized spacial score (nSPS) is 17.0. The van der Waals surface area contributed by atoms with Crippen molar-refractivity contribution >= 4 is 22.9 Å². The van der Waals surface area contributed by atoms with E-state index < -0.39 is 0 Å². The molecule has 0 amide bonds. The van der Waals surface area contributed by atoms with Gasteiger partial charge < -0.3 is 20.5 Å². The third kappa shape index (κ3) is 5.04. The van der Waals surface area contributed by atoms with Crippen molar-refractivity contribution < 1.29 is 0 Å². The molecular weight excluding hydrogens is 448 g/mol. The highest BCUT2D eigenvalue weighted by Gasteiger charge is 2.22. The molecule has 2 fully saturated rings. The molecule has 8 heteroatoms. The second kappa shape index (κ2) is 10.6. The SMILES string of the molecule is c1ccc(-c2ccc(CNc3nc(NCC4CCNCC4)nc4c3ncn4C3CCCC3)cc2)nc1. The van der Waals surface area contributed by atoms with Crippen LogP contribution in [-0.4, -0.2) is 44.1 Å². The van der Waals surface area contributed by atoms with Crippen molar-refractivity contribution in [3.05, 3.63) is 60.6 Å². The van der Waals surface area contributed by atoms with Gasteiger partial charge in [0.15, 0.2) is 17.0 Å². The fourth-order valence-corrected chi connectivity index (χ4v) is 5.40. The standard InChI is InChI=1S/C28H34N8/c1-2-6-23(5-1)36-19-33-25-26(34-28(35-27(25)36)32-18-21-12-15-29-16-13-21)31-17-20-8-10-22(11-9-20)24-7-3-4-14-30-24/h3-4,7-11,14,19,21,23,29H,1-2,5-6,12-13,15-18H2,(H2,31,32,34,35). The first-order valence-electron chi connectivity index (χ1n) is 13.3. The summed E-state index contributed by atoms with van der Waals surface area (Å²) >= 11 is 0. The van der Waals surface area contributed by atoms with Gasteiger partial charge in [0, 0.05) is 30.9 Å². The molecule has 3 aromatic heterocycles. The van der Waals surface area contributed by atoms with E-state index in [1.165, 1.54) is 44.1 Å². The molecule has 0 spiro atoms. The van der Waals surface area contributed by atoms with Crippen molar-refractivity contribution in [2.75, 3.05) is 30.3 Å². The quantitative estimate of drug-likeness (QED) is 0.324. The van der Waals surface area contributed by atoms with Crippen LogP contribution in [-0.2, 0) is 6.54 Å². The van der Waals surface area contributed by atoms with Crippen molar-refractivity contribution in [3.8, 4) is 11.3 Å². The molecule has 0 bridgehead atoms. The molecule has 6 rings (SSSR count). The highest BCUT2D eigenvalue weighted by Crippen LogP contribution is 2.33. The van der Waals surface area contributed by atoms with Crippen molar-refractivity contribution in [3.63, 3.8) is 0 Å². The van der Waals surface area contributed by atoms with Gasteiger partial charge in [-0.25, -0.2) is 4.98 Å². The number of anilines is 2. The van der Waals surface area contributed by atoms with E-state index in [4.69, 9.17) is 15.0 Å². The minimum Gasteiger partial charge on any atom is -0.364 e. The molecule has 0 radical (unpaired) electrons. The van der Waals surface area contributed by atoms with E-state index in [2.05, 4.69) is 49.8 Å². The first-order valence-corrected chi connectivity index (χ1v) is 13.3. The van der Waals surface area contributed by atoms with E-state index in [0.29, 0.717) is 24.5 Å². The molecule has 1 aliphatic heterocycles. The monoisotopic (exact) mass is 482 g/mol. The summed E-state index contributed by atoms with van der Waals surface area (Å²) in [6, 6.07) is 15.0. The number of nitrogens with one attached hydrogen (secondary N) is 3. The van der Waals surface area contributed by atoms with Gasteiger partial charge in [0.2, 0.25) is 5.95 Å². The summed E-state index contributed by atoms with van der Waals surface area (Å²) in [5, 5.41) is 10.5. The van der Waals surface area contributed by atoms with Crippen LogP contribution in [0, 0.1) is 5.92 Å². The number of hydrogen-bond donors (Lipinski definition) is 3. The maximum absolute atomic E-state index is 4.94. The minimum atomic E-state index is 0.481. The van der Waals surface area contributed by atoms with Gasteiger partial charge >= 0.3 is 0 Å². The molecule has 3 N–H and O–H groups in total. The van der Waals surface area contributed by atoms with Crippen molar-refractivity contribution in [2.24, 2.45) is 5.92 Å². The number of pyridine rings is 1. The summed E-state index contributed by atoms with van der Waals surface area (Å²) in [6.07, 6.45) is 11.1. The Labute approximate surface area is 212 Å². The van der Waals surface area contributed by atoms with Gasteiger partial charge in [0.1, 0.15) is 0 Å². The lowest BCUT2D eigenvalue weighted by atomic mass is 9.98. The van der Waals surface area contributed by atoms with E-state index >= 15 is 0 Å². The summed E-state index contributed by atoms with van der Waals surface area (Å²) in [4.78, 5) is 19.0. The van der Waals surface area contributed by atoms with Gasteiger partial charge in [-0.15, -0.1) is 0 Å². The molecule has 1 saturated carbocycles. The van der Waals surface area contributed by atoms with E-state index in [1.54, 1.807) is 0 Å². The summed E-state index contributed by atoms with van der Waals surface area (Å²) in [7, 11) is 0. The molecule has 4 heterocycles. The zero-order valence-electron chi connectivity index (χ0n) is 20.7. The smallest absolute Gasteiger partial charge is 0.226 e. The zero-order valence-corrected chi connectivity index (χ0v) is 20.7. The zero-order chi connectivity index (χ0) is 24.2. The lowest BCUT2D eigenvalue weighted by Crippen LogP contribution is -2.31. The Morgan fingerprint density at radius 1 is 0.889 bits per heavy atom. The number of hydrogen-bond acceptors (Lipinski definition) is 7. The number of imidazole rings is 1. The van der Waals surface area contributed by atoms with Gasteiger partial charge in [-0.3, -0.25) is 4.98 Å². The molecule has 186 valence electrons. The number of aromatic nitrogens is 5. The Balaban J connectivity index is 1.23. The first kappa shape index (κ1) is 22.9. The van der Waals surface area contributed by atoms with Crippen molar-refractivity contribution in [1.29, 1.82) is 0 Å². The van der Waals surface area contributed by atoms with Gasteiger partial charge in [0.05, 0.1) is 12.0 Å². The lowest BCUT2D eigenvalue weighted by Gasteiger charge is -2.23. The second-order valence-electron chi connectivity index (χ2n) is 10.00. The van der Waals surface area contributed by atoms with Crippen LogP contribution in [0.3, 0.4) is 0 Å². The van der Waals surface area contributed by atoms with Crippen LogP contribution >= 0.6 is 0 Å². The average Bonchev–Trinajstić information content (AvgIpc) is 3.62. The Morgan fingerprint density at radius 3 is 2.50 bits per heavy atom. The molecule has 1 saturated heterocycles. The Kier molecular flexibility index (Phi) is 6.76. The van der Waals surface area contributed by atoms with E-state index in [-0.39, 0.29) is 0 Å². The van der Waals surface area contributed by atoms with Gasteiger partial charge in [-0.1, -0.05) is 43.2 Å². The first-order chi connectivity index (χ1) is 17.8. The molecule has 1 aromatic carbocycles. The average molecular weight is 483 g/mol. The van der Waals surface area contributed by atoms with Crippen LogP contribution in [0.5, 0.6) is 0 Å². The molecule has 2 aliphatic rings. The Bertz CT molecular complexity index is 1270. The van der Waals surface area contributed by atoms with Crippen LogP contribution in [0.25, 0.3) is 22.4 Å². The van der Waals surface area contributed by atoms with Gasteiger partial charge in [0.25, 0.3) is 0 Å². The molecule has 36 heavy (non-hydrogen) atoms. The van der Waals surface area contributed by atoms with Gasteiger partial charge in [-0.2, -0.15) is 9.97 Å². The van der Waals surface area contributed by atoms with Gasteiger partial charge in [-0.05, 0) is 62.4 Å². The number of piperidine rings is 1. The summed E-state index contributed by atoms with van der Waals surface area (Å²) in [5.41, 5.74) is 5.05. The van der Waals surface area contributed by atoms with Crippen molar-refractivity contribution in [1.82, 2.24) is 29.8 Å². The summed E-state index contributed by atoms with van der Waals surface area (Å²) in [5.74, 6) is 2.13. The van der Waals surface area contributed by atoms with Crippen molar-refractivity contribution in [2.45, 2.75) is 51.1 Å². The number of rotatable bonds is 8. The summed E-state index contributed by atoms with van der Waals surface area (Å²) in [6.45, 7) is 3.75. The third-order valence-corrected chi connectivity index (χ3v) is 7.52. The molecule has 0 unspecified atom stereocenters. The maximum Gasteiger partial charge on any atom is 0.226 e. The minimum absolute atomic E-state index is 0.481. The molecule has 0 atom stereocenters. The number of fused-ring (bicyclic) bond motifs is 1. The van der Waals surface area contributed by atoms with Crippen LogP contribution in [0.1, 0.15) is 50.1 Å². The second-order valence-corrected chi connectivity index (χ2v) is 10.00. The number of nitrogens with zero attached hydrogens (tertiary/aromatic N) is 5. The number of benzene rings is 1. The molecular formula is C28H34N8. The largest absolute Gasteiger partial charge is 0.364 e. The fourth-order valence-electron chi connectivity index (χ4n) is 5.40. The third-order valence-electron chi connectivity index (χ3n) is 7.52. The Morgan fingerprint density at radius 2 is 1.72 bits per heavy atom. The predicted octanol–water partition coefficient (Wildman–Crippen LogP) is 5.03. The maximum atomic E-state index is 4.94. The highest BCUT2D eigenvalue weighted by atomic mass is 15.2. The van der Waals surface area contributed by atoms with E-state index in [1.807, 2.05) is 30.7 Å². The fraction of sp³-hybridized carbons (Fsp3) is 0.429. The predicted molar refractivity (Wildman–Crippen MR) is 144 cm³/mol. The summed E-state index contributed by atoms with van der Waals surface area (Å²) < 4.78 is 2.27. The van der Waals surface area contributed by atoms with Crippen LogP contribution < -0.4 is 16.0 Å². The molecule has 4 aromatic rings. The highest BCUT2D eigenvalue weighted by molar-refractivity contribution is 5.84. The van der Waals surface area contributed by atoms with E-state index in [0.717, 1.165) is 47.9 Å². The topological polar surface area (TPSA) is 92.6 Å². The van der Waals surface area contributed by atoms with Crippen LogP contribution in [0.15, 0.2) is 55.0 Å². The van der Waals surface area contributed by atoms with Crippen LogP contribution in [0.4, 0.5) is 11.8 Å². The Hall–Kier alpha value is -3.52. The molecule has 8 nitrogen and oxygen atoms in total. The lowest BCUT2D eigenvalue weighted by molar-refractivity contribution is 0.389. The molecule has 1 aliphatic carbocycles. The van der Waals surface area contributed by atoms with E-state index in [9.17, 15) is 0 Å². The van der Waals surface area contributed by atoms with Crippen LogP contribution in [0.2, 0.25) is 0 Å².